The number of carbonyl (C=O) groups excluding carboxylic acids is 1. The van der Waals surface area contributed by atoms with Crippen LogP contribution in [0.2, 0.25) is 0 Å². The number of hydrogen-bond donors (Lipinski definition) is 2. The van der Waals surface area contributed by atoms with Crippen LogP contribution in [0.1, 0.15) is 38.6 Å². The van der Waals surface area contributed by atoms with Crippen molar-refractivity contribution in [2.75, 3.05) is 5.32 Å². The van der Waals surface area contributed by atoms with E-state index in [4.69, 9.17) is 0 Å². The van der Waals surface area contributed by atoms with E-state index in [1.54, 1.807) is 13.0 Å². The first-order valence-corrected chi connectivity index (χ1v) is 8.95. The van der Waals surface area contributed by atoms with E-state index in [0.717, 1.165) is 16.8 Å². The minimum atomic E-state index is -0.216. The average Bonchev–Trinajstić information content (AvgIpc) is 2.63. The second kappa shape index (κ2) is 7.99. The van der Waals surface area contributed by atoms with Crippen molar-refractivity contribution in [1.82, 2.24) is 15.3 Å². The first-order valence-electron chi connectivity index (χ1n) is 8.95. The zero-order valence-corrected chi connectivity index (χ0v) is 16.1. The molecule has 0 aliphatic heterocycles. The van der Waals surface area contributed by atoms with Gasteiger partial charge in [-0.15, -0.1) is 0 Å². The van der Waals surface area contributed by atoms with Crippen molar-refractivity contribution in [2.45, 2.75) is 34.2 Å². The van der Waals surface area contributed by atoms with Gasteiger partial charge >= 0.3 is 0 Å². The maximum absolute atomic E-state index is 12.6. The molecule has 0 saturated heterocycles. The van der Waals surface area contributed by atoms with Crippen molar-refractivity contribution in [3.63, 3.8) is 0 Å². The van der Waals surface area contributed by atoms with Gasteiger partial charge in [0.2, 0.25) is 0 Å². The van der Waals surface area contributed by atoms with E-state index < -0.39 is 0 Å². The van der Waals surface area contributed by atoms with Crippen LogP contribution in [0, 0.1) is 27.7 Å². The molecule has 5 heteroatoms. The Balaban J connectivity index is 1.75. The summed E-state index contributed by atoms with van der Waals surface area (Å²) in [6, 6.07) is 15.8. The number of nitrogens with one attached hydrogen (secondary N) is 2. The summed E-state index contributed by atoms with van der Waals surface area (Å²) >= 11 is 0. The zero-order valence-electron chi connectivity index (χ0n) is 16.1. The average molecular weight is 360 g/mol. The summed E-state index contributed by atoms with van der Waals surface area (Å²) < 4.78 is 0. The first-order chi connectivity index (χ1) is 12.9. The van der Waals surface area contributed by atoms with Gasteiger partial charge in [0.25, 0.3) is 5.91 Å². The molecule has 0 radical (unpaired) electrons. The predicted octanol–water partition coefficient (Wildman–Crippen LogP) is 4.38. The highest BCUT2D eigenvalue weighted by atomic mass is 16.1. The Morgan fingerprint density at radius 1 is 0.889 bits per heavy atom. The maximum Gasteiger partial charge on any atom is 0.270 e. The van der Waals surface area contributed by atoms with E-state index in [1.165, 1.54) is 11.1 Å². The van der Waals surface area contributed by atoms with Gasteiger partial charge in [0.1, 0.15) is 17.3 Å². The Morgan fingerprint density at radius 3 is 2.41 bits per heavy atom. The van der Waals surface area contributed by atoms with Crippen LogP contribution in [0.5, 0.6) is 0 Å². The summed E-state index contributed by atoms with van der Waals surface area (Å²) in [6.45, 7) is 8.42. The van der Waals surface area contributed by atoms with Crippen molar-refractivity contribution in [3.05, 3.63) is 82.3 Å². The molecule has 3 aromatic rings. The molecule has 1 amide bonds. The Bertz CT molecular complexity index is 982. The van der Waals surface area contributed by atoms with E-state index >= 15 is 0 Å². The molecule has 5 nitrogen and oxygen atoms in total. The van der Waals surface area contributed by atoms with Gasteiger partial charge in [-0.1, -0.05) is 30.3 Å². The normalized spacial score (nSPS) is 10.5. The van der Waals surface area contributed by atoms with E-state index in [-0.39, 0.29) is 5.91 Å². The molecule has 0 saturated carbocycles. The van der Waals surface area contributed by atoms with E-state index in [9.17, 15) is 4.79 Å². The lowest BCUT2D eigenvalue weighted by Crippen LogP contribution is -2.24. The molecule has 0 spiro atoms. The highest BCUT2D eigenvalue weighted by Crippen LogP contribution is 2.19. The van der Waals surface area contributed by atoms with Crippen molar-refractivity contribution in [2.24, 2.45) is 0 Å². The van der Waals surface area contributed by atoms with Gasteiger partial charge in [-0.2, -0.15) is 0 Å². The van der Waals surface area contributed by atoms with Gasteiger partial charge in [-0.25, -0.2) is 9.97 Å². The van der Waals surface area contributed by atoms with Gasteiger partial charge in [0.15, 0.2) is 0 Å². The van der Waals surface area contributed by atoms with Crippen LogP contribution in [0.25, 0.3) is 0 Å². The van der Waals surface area contributed by atoms with Crippen LogP contribution in [0.3, 0.4) is 0 Å². The summed E-state index contributed by atoms with van der Waals surface area (Å²) in [5, 5.41) is 6.19. The fraction of sp³-hybridized carbons (Fsp3) is 0.227. The molecule has 0 bridgehead atoms. The first kappa shape index (κ1) is 18.6. The molecule has 0 aliphatic carbocycles. The smallest absolute Gasteiger partial charge is 0.270 e. The third kappa shape index (κ3) is 4.70. The lowest BCUT2D eigenvalue weighted by atomic mass is 10.1. The van der Waals surface area contributed by atoms with Crippen LogP contribution < -0.4 is 10.6 Å². The van der Waals surface area contributed by atoms with E-state index in [2.05, 4.69) is 46.6 Å². The third-order valence-corrected chi connectivity index (χ3v) is 4.55. The molecule has 0 fully saturated rings. The molecule has 3 rings (SSSR count). The molecule has 2 N–H and O–H groups in total. The number of anilines is 2. The largest absolute Gasteiger partial charge is 0.347 e. The molecular formula is C22H24N4O. The van der Waals surface area contributed by atoms with Gasteiger partial charge in [0.05, 0.1) is 0 Å². The fourth-order valence-corrected chi connectivity index (χ4v) is 2.79. The zero-order chi connectivity index (χ0) is 19.4. The minimum absolute atomic E-state index is 0.216. The second-order valence-corrected chi connectivity index (χ2v) is 6.72. The molecule has 0 unspecified atom stereocenters. The Morgan fingerprint density at radius 2 is 1.67 bits per heavy atom. The molecule has 2 aromatic carbocycles. The molecule has 0 aliphatic rings. The molecule has 27 heavy (non-hydrogen) atoms. The van der Waals surface area contributed by atoms with Crippen molar-refractivity contribution in [3.8, 4) is 0 Å². The van der Waals surface area contributed by atoms with Gasteiger partial charge in [0, 0.05) is 18.3 Å². The van der Waals surface area contributed by atoms with Crippen LogP contribution in [-0.2, 0) is 6.54 Å². The van der Waals surface area contributed by atoms with Crippen molar-refractivity contribution >= 4 is 17.4 Å². The third-order valence-electron chi connectivity index (χ3n) is 4.55. The number of aryl methyl sites for hydroxylation is 4. The second-order valence-electron chi connectivity index (χ2n) is 6.72. The molecular weight excluding hydrogens is 336 g/mol. The SMILES string of the molecule is Cc1nc(Nc2ccc(C)c(C)c2)cc(C(=O)NCc2ccccc2C)n1. The van der Waals surface area contributed by atoms with E-state index in [1.807, 2.05) is 37.3 Å². The molecule has 1 heterocycles. The highest BCUT2D eigenvalue weighted by molar-refractivity contribution is 5.93. The van der Waals surface area contributed by atoms with E-state index in [0.29, 0.717) is 23.9 Å². The number of aromatic nitrogens is 2. The van der Waals surface area contributed by atoms with Crippen LogP contribution in [0.4, 0.5) is 11.5 Å². The summed E-state index contributed by atoms with van der Waals surface area (Å²) in [5.41, 5.74) is 5.95. The Kier molecular flexibility index (Phi) is 5.50. The summed E-state index contributed by atoms with van der Waals surface area (Å²) in [5.74, 6) is 0.934. The van der Waals surface area contributed by atoms with Crippen molar-refractivity contribution in [1.29, 1.82) is 0 Å². The number of amides is 1. The minimum Gasteiger partial charge on any atom is -0.347 e. The molecule has 1 aromatic heterocycles. The molecule has 0 atom stereocenters. The Labute approximate surface area is 159 Å². The molecule has 138 valence electrons. The number of benzene rings is 2. The summed E-state index contributed by atoms with van der Waals surface area (Å²) in [4.78, 5) is 21.2. The fourth-order valence-electron chi connectivity index (χ4n) is 2.79. The van der Waals surface area contributed by atoms with Crippen LogP contribution >= 0.6 is 0 Å². The van der Waals surface area contributed by atoms with Gasteiger partial charge in [-0.3, -0.25) is 4.79 Å². The van der Waals surface area contributed by atoms with Crippen molar-refractivity contribution < 1.29 is 4.79 Å². The number of carbonyl (C=O) groups is 1. The lowest BCUT2D eigenvalue weighted by molar-refractivity contribution is 0.0945. The maximum atomic E-state index is 12.6. The van der Waals surface area contributed by atoms with Gasteiger partial charge < -0.3 is 10.6 Å². The predicted molar refractivity (Wildman–Crippen MR) is 108 cm³/mol. The Hall–Kier alpha value is -3.21. The summed E-state index contributed by atoms with van der Waals surface area (Å²) in [6.07, 6.45) is 0. The number of nitrogens with zero attached hydrogens (tertiary/aromatic N) is 2. The summed E-state index contributed by atoms with van der Waals surface area (Å²) in [7, 11) is 0. The monoisotopic (exact) mass is 360 g/mol. The highest BCUT2D eigenvalue weighted by Gasteiger charge is 2.11. The topological polar surface area (TPSA) is 66.9 Å². The van der Waals surface area contributed by atoms with Crippen LogP contribution in [0.15, 0.2) is 48.5 Å². The standard InChI is InChI=1S/C22H24N4O/c1-14-9-10-19(11-16(14)3)26-21-12-20(24-17(4)25-21)22(27)23-13-18-8-6-5-7-15(18)2/h5-12H,13H2,1-4H3,(H,23,27)(H,24,25,26). The number of hydrogen-bond acceptors (Lipinski definition) is 4. The number of rotatable bonds is 5. The van der Waals surface area contributed by atoms with Crippen LogP contribution in [-0.4, -0.2) is 15.9 Å². The quantitative estimate of drug-likeness (QED) is 0.708. The lowest BCUT2D eigenvalue weighted by Gasteiger charge is -2.11. The van der Waals surface area contributed by atoms with Gasteiger partial charge in [-0.05, 0) is 62.1 Å².